The Bertz CT molecular complexity index is 2300. The predicted molar refractivity (Wildman–Crippen MR) is 300 cm³/mol. The number of benzene rings is 4. The van der Waals surface area contributed by atoms with Crippen molar-refractivity contribution >= 4 is 96.2 Å². The van der Waals surface area contributed by atoms with E-state index in [4.69, 9.17) is 57.7 Å². The number of guanidine groups is 2. The molecule has 0 fully saturated rings. The van der Waals surface area contributed by atoms with Gasteiger partial charge < -0.3 is 38.5 Å². The number of methoxy groups -OCH3 is 4. The van der Waals surface area contributed by atoms with E-state index in [1.165, 1.54) is 0 Å². The van der Waals surface area contributed by atoms with E-state index in [0.29, 0.717) is 38.3 Å². The molecule has 408 valence electrons. The van der Waals surface area contributed by atoms with Crippen molar-refractivity contribution in [2.75, 3.05) is 157 Å². The molecule has 75 heavy (non-hydrogen) atoms. The van der Waals surface area contributed by atoms with Crippen molar-refractivity contribution in [3.63, 3.8) is 0 Å². The first kappa shape index (κ1) is 62.5. The third-order valence-corrected chi connectivity index (χ3v) is 11.4. The molecule has 0 spiro atoms. The van der Waals surface area contributed by atoms with Crippen molar-refractivity contribution in [2.45, 2.75) is 12.6 Å². The van der Waals surface area contributed by atoms with Gasteiger partial charge in [0.15, 0.2) is 0 Å². The average molecular weight is 1170 g/mol. The van der Waals surface area contributed by atoms with E-state index in [0.717, 1.165) is 81.7 Å². The Balaban J connectivity index is 0.000000298. The molecule has 4 aromatic rings. The normalized spacial score (nSPS) is 17.6. The van der Waals surface area contributed by atoms with Gasteiger partial charge in [-0.05, 0) is 107 Å². The van der Waals surface area contributed by atoms with Crippen LogP contribution in [-0.2, 0) is 29.8 Å². The van der Waals surface area contributed by atoms with E-state index in [1.54, 1.807) is 28.4 Å². The zero-order valence-electron chi connectivity index (χ0n) is 45.1. The number of quaternary nitrogens is 2. The van der Waals surface area contributed by atoms with Gasteiger partial charge in [-0.15, -0.1) is 40.9 Å². The molecular formula is C48H72Cl4N18O4Zn. The van der Waals surface area contributed by atoms with Crippen LogP contribution >= 0.6 is 38.8 Å². The summed E-state index contributed by atoms with van der Waals surface area (Å²) >= 11 is 0. The zero-order chi connectivity index (χ0) is 54.9. The summed E-state index contributed by atoms with van der Waals surface area (Å²) in [4.78, 5) is 12.2. The Morgan fingerprint density at radius 2 is 0.667 bits per heavy atom. The van der Waals surface area contributed by atoms with Gasteiger partial charge in [-0.25, -0.2) is 0 Å². The zero-order valence-corrected chi connectivity index (χ0v) is 51.0. The van der Waals surface area contributed by atoms with E-state index in [9.17, 15) is 0 Å². The molecule has 4 atom stereocenters. The van der Waals surface area contributed by atoms with Crippen LogP contribution < -0.4 is 29.6 Å². The molecule has 0 amide bonds. The second-order valence-electron chi connectivity index (χ2n) is 17.2. The number of hydrogen-bond acceptors (Lipinski definition) is 20. The minimum absolute atomic E-state index is 0.315. The molecule has 0 saturated carbocycles. The number of nitrogens with one attached hydrogen (secondary N) is 2. The summed E-state index contributed by atoms with van der Waals surface area (Å²) in [6, 6.07) is 31.7. The number of azo groups is 4. The number of halogens is 4. The third kappa shape index (κ3) is 21.9. The van der Waals surface area contributed by atoms with Gasteiger partial charge in [0.1, 0.15) is 0 Å². The van der Waals surface area contributed by atoms with E-state index in [2.05, 4.69) is 70.7 Å². The van der Waals surface area contributed by atoms with Crippen LogP contribution in [0.15, 0.2) is 148 Å². The first-order chi connectivity index (χ1) is 35.8. The molecule has 2 aliphatic rings. The van der Waals surface area contributed by atoms with Crippen molar-refractivity contribution in [1.29, 1.82) is 0 Å². The Hall–Kier alpha value is -5.04. The van der Waals surface area contributed by atoms with Crippen LogP contribution in [0.1, 0.15) is 0 Å². The van der Waals surface area contributed by atoms with Gasteiger partial charge in [0.05, 0.1) is 63.3 Å². The first-order valence-corrected chi connectivity index (χ1v) is 39.7. The standard InChI is InChI=1S/2C24H35N9O2.4ClH.Zn/c2*1-30(15-17-34-5)21-11-7-19(8-12-21)25-27-23-29-33(4)24(32(23)3)28-26-20-9-13-22(14-10-20)31(2)16-18-35-6;;;;;/h2*7-14,24H,15-18H2,1-6H3;4*1H;/q;;;;;;+2/p-2. The third-order valence-electron chi connectivity index (χ3n) is 11.4. The molecule has 22 nitrogen and oxygen atoms in total. The molecule has 4 aromatic carbocycles. The van der Waals surface area contributed by atoms with E-state index < -0.39 is 10.8 Å². The fourth-order valence-electron chi connectivity index (χ4n) is 6.85. The fourth-order valence-corrected chi connectivity index (χ4v) is 6.85. The maximum absolute atomic E-state index is 5.14. The van der Waals surface area contributed by atoms with Crippen molar-refractivity contribution in [3.05, 3.63) is 97.1 Å². The summed E-state index contributed by atoms with van der Waals surface area (Å²) in [5.74, 6) is 1.01. The Labute approximate surface area is 460 Å². The maximum atomic E-state index is 5.14. The summed E-state index contributed by atoms with van der Waals surface area (Å²) < 4.78 is 20.5. The summed E-state index contributed by atoms with van der Waals surface area (Å²) in [6.45, 7) is 5.99. The molecule has 0 saturated heterocycles. The molecule has 0 aliphatic carbocycles. The Morgan fingerprint density at radius 1 is 0.440 bits per heavy atom. The van der Waals surface area contributed by atoms with Gasteiger partial charge in [0.25, 0.3) is 0 Å². The van der Waals surface area contributed by atoms with E-state index in [-0.39, 0.29) is 12.6 Å². The molecule has 27 heteroatoms. The van der Waals surface area contributed by atoms with Gasteiger partial charge in [0, 0.05) is 120 Å². The number of anilines is 4. The van der Waals surface area contributed by atoms with Crippen molar-refractivity contribution in [2.24, 2.45) is 51.1 Å². The van der Waals surface area contributed by atoms with Crippen LogP contribution in [0, 0.1) is 0 Å². The molecule has 2 aliphatic heterocycles. The van der Waals surface area contributed by atoms with Gasteiger partial charge in [-0.3, -0.25) is 9.80 Å². The van der Waals surface area contributed by atoms with Crippen molar-refractivity contribution in [3.8, 4) is 0 Å². The van der Waals surface area contributed by atoms with Crippen LogP contribution in [0.4, 0.5) is 45.5 Å². The second-order valence-corrected chi connectivity index (χ2v) is 45.0. The summed E-state index contributed by atoms with van der Waals surface area (Å²) in [7, 11) is 39.4. The molecule has 0 aromatic heterocycles. The van der Waals surface area contributed by atoms with E-state index >= 15 is 0 Å². The van der Waals surface area contributed by atoms with E-state index in [1.807, 2.05) is 163 Å². The molecular weight excluding hydrogens is 1100 g/mol. The van der Waals surface area contributed by atoms with Crippen molar-refractivity contribution < 1.29 is 39.8 Å². The Kier molecular flexibility index (Phi) is 27.1. The molecule has 4 unspecified atom stereocenters. The van der Waals surface area contributed by atoms with Crippen LogP contribution in [-0.4, -0.2) is 172 Å². The van der Waals surface area contributed by atoms with Crippen molar-refractivity contribution in [1.82, 2.24) is 9.80 Å². The fraction of sp³-hybridized carbons (Fsp3) is 0.458. The SMILES string of the molecule is COCCN(C)c1ccc(N=NC2=N[NH+](C)C(N=Nc3ccc(N(C)CCOC)cc3)N2C)cc1.COCCN(C)c1ccc(N=NC2=N[NH+](C)C(N=Nc3ccc(N(C)CCOC)cc3)N2C)cc1.[Cl][Zn-2]([Cl])([Cl])[Cl]. The number of hydrogen-bond donors (Lipinski definition) is 2. The number of likely N-dealkylation sites (N-methyl/N-ethyl adjacent to an activating group) is 4. The number of nitrogens with zero attached hydrogens (tertiary/aromatic N) is 16. The Morgan fingerprint density at radius 3 is 0.893 bits per heavy atom. The number of ether oxygens (including phenoxy) is 4. The molecule has 2 heterocycles. The molecule has 0 bridgehead atoms. The first-order valence-electron chi connectivity index (χ1n) is 24.1. The summed E-state index contributed by atoms with van der Waals surface area (Å²) in [5, 5.41) is 45.9. The monoisotopic (exact) mass is 1170 g/mol. The van der Waals surface area contributed by atoms with Crippen LogP contribution in [0.2, 0.25) is 0 Å². The van der Waals surface area contributed by atoms with Gasteiger partial charge in [-0.2, -0.15) is 10.0 Å². The summed E-state index contributed by atoms with van der Waals surface area (Å²) in [6.07, 6.45) is -0.630. The van der Waals surface area contributed by atoms with Crippen LogP contribution in [0.25, 0.3) is 0 Å². The molecule has 0 radical (unpaired) electrons. The minimum atomic E-state index is -3.36. The second kappa shape index (κ2) is 32.5. The molecule has 2 N–H and O–H groups in total. The summed E-state index contributed by atoms with van der Waals surface area (Å²) in [5.41, 5.74) is 7.45. The van der Waals surface area contributed by atoms with Crippen LogP contribution in [0.3, 0.4) is 0 Å². The van der Waals surface area contributed by atoms with Gasteiger partial charge in [0.2, 0.25) is 0 Å². The topological polar surface area (TPSA) is 189 Å². The average Bonchev–Trinajstić information content (AvgIpc) is 3.84. The van der Waals surface area contributed by atoms with Gasteiger partial charge >= 0.3 is 74.1 Å². The van der Waals surface area contributed by atoms with Gasteiger partial charge in [-0.1, -0.05) is 0 Å². The predicted octanol–water partition coefficient (Wildman–Crippen LogP) is 8.22. The molecule has 6 rings (SSSR count). The number of rotatable bonds is 22. The quantitative estimate of drug-likeness (QED) is 0.0573. The van der Waals surface area contributed by atoms with Crippen LogP contribution in [0.5, 0.6) is 0 Å².